The van der Waals surface area contributed by atoms with Gasteiger partial charge in [0.05, 0.1) is 27.5 Å². The Balaban J connectivity index is 2.09. The van der Waals surface area contributed by atoms with Crippen molar-refractivity contribution in [2.24, 2.45) is 0 Å². The van der Waals surface area contributed by atoms with Crippen LogP contribution in [0.3, 0.4) is 0 Å². The Morgan fingerprint density at radius 2 is 2.10 bits per heavy atom. The van der Waals surface area contributed by atoms with Crippen molar-refractivity contribution in [1.29, 1.82) is 5.26 Å². The fourth-order valence-electron chi connectivity index (χ4n) is 1.64. The molecule has 0 saturated carbocycles. The normalized spacial score (nSPS) is 9.95. The summed E-state index contributed by atoms with van der Waals surface area (Å²) in [7, 11) is 0. The number of carbonyl (C=O) groups excluding carboxylic acids is 1. The highest BCUT2D eigenvalue weighted by Gasteiger charge is 2.12. The molecule has 21 heavy (non-hydrogen) atoms. The lowest BCUT2D eigenvalue weighted by Gasteiger charge is -2.11. The number of Topliss-reactive ketones (excluding diaryl/α,β-unsaturated/α-hetero) is 1. The Kier molecular flexibility index (Phi) is 5.20. The van der Waals surface area contributed by atoms with Crippen LogP contribution >= 0.6 is 22.9 Å². The highest BCUT2D eigenvalue weighted by molar-refractivity contribution is 7.18. The van der Waals surface area contributed by atoms with Crippen LogP contribution in [0.15, 0.2) is 30.3 Å². The fraction of sp³-hybridized carbons (Fsp3) is 0.200. The molecule has 2 aromatic rings. The summed E-state index contributed by atoms with van der Waals surface area (Å²) < 4.78 is 11.5. The molecule has 0 amide bonds. The average molecular weight is 322 g/mol. The summed E-state index contributed by atoms with van der Waals surface area (Å²) in [6.45, 7) is 2.17. The third-order valence-corrected chi connectivity index (χ3v) is 3.85. The van der Waals surface area contributed by atoms with Gasteiger partial charge in [-0.25, -0.2) is 0 Å². The van der Waals surface area contributed by atoms with E-state index in [-0.39, 0.29) is 12.4 Å². The zero-order valence-electron chi connectivity index (χ0n) is 11.3. The number of benzene rings is 1. The first kappa shape index (κ1) is 15.4. The molecule has 4 nitrogen and oxygen atoms in total. The van der Waals surface area contributed by atoms with Crippen LogP contribution < -0.4 is 9.47 Å². The van der Waals surface area contributed by atoms with Gasteiger partial charge in [-0.1, -0.05) is 11.6 Å². The van der Waals surface area contributed by atoms with Crippen molar-refractivity contribution in [3.05, 3.63) is 45.1 Å². The van der Waals surface area contributed by atoms with E-state index in [1.807, 2.05) is 13.0 Å². The third kappa shape index (κ3) is 3.97. The van der Waals surface area contributed by atoms with Crippen molar-refractivity contribution in [2.75, 3.05) is 13.2 Å². The van der Waals surface area contributed by atoms with Gasteiger partial charge in [0.25, 0.3) is 0 Å². The first-order chi connectivity index (χ1) is 10.1. The number of carbonyl (C=O) groups is 1. The number of rotatable bonds is 6. The standard InChI is InChI=1S/C15H12ClNO3S/c1-2-19-13-7-10(8-17)3-4-12(13)20-9-11(18)14-5-6-15(16)21-14/h3-7H,2,9H2,1H3. The van der Waals surface area contributed by atoms with Gasteiger partial charge in [-0.2, -0.15) is 5.26 Å². The molecule has 0 radical (unpaired) electrons. The second-order valence-corrected chi connectivity index (χ2v) is 5.74. The molecule has 0 fully saturated rings. The lowest BCUT2D eigenvalue weighted by molar-refractivity contribution is 0.0923. The summed E-state index contributed by atoms with van der Waals surface area (Å²) >= 11 is 7.01. The zero-order valence-corrected chi connectivity index (χ0v) is 12.8. The topological polar surface area (TPSA) is 59.3 Å². The maximum Gasteiger partial charge on any atom is 0.210 e. The van der Waals surface area contributed by atoms with Crippen LogP contribution in [0.4, 0.5) is 0 Å². The molecule has 6 heteroatoms. The van der Waals surface area contributed by atoms with Gasteiger partial charge in [-0.15, -0.1) is 11.3 Å². The van der Waals surface area contributed by atoms with E-state index in [2.05, 4.69) is 0 Å². The molecule has 0 aliphatic carbocycles. The van der Waals surface area contributed by atoms with Crippen LogP contribution in [0.5, 0.6) is 11.5 Å². The molecular weight excluding hydrogens is 310 g/mol. The van der Waals surface area contributed by atoms with Gasteiger partial charge < -0.3 is 9.47 Å². The van der Waals surface area contributed by atoms with Crippen molar-refractivity contribution >= 4 is 28.7 Å². The summed E-state index contributed by atoms with van der Waals surface area (Å²) in [5.41, 5.74) is 0.474. The maximum atomic E-state index is 12.0. The first-order valence-corrected chi connectivity index (χ1v) is 7.41. The molecule has 0 aliphatic rings. The molecule has 0 N–H and O–H groups in total. The van der Waals surface area contributed by atoms with Crippen molar-refractivity contribution in [3.63, 3.8) is 0 Å². The molecule has 0 atom stereocenters. The van der Waals surface area contributed by atoms with Crippen molar-refractivity contribution in [1.82, 2.24) is 0 Å². The maximum absolute atomic E-state index is 12.0. The minimum atomic E-state index is -0.154. The lowest BCUT2D eigenvalue weighted by Crippen LogP contribution is -2.11. The quantitative estimate of drug-likeness (QED) is 0.756. The van der Waals surface area contributed by atoms with Gasteiger partial charge in [-0.3, -0.25) is 4.79 Å². The van der Waals surface area contributed by atoms with E-state index in [1.54, 1.807) is 30.3 Å². The Morgan fingerprint density at radius 3 is 2.71 bits per heavy atom. The van der Waals surface area contributed by atoms with Gasteiger partial charge in [0.15, 0.2) is 18.1 Å². The zero-order chi connectivity index (χ0) is 15.2. The smallest absolute Gasteiger partial charge is 0.210 e. The summed E-state index contributed by atoms with van der Waals surface area (Å²) in [4.78, 5) is 12.5. The number of ether oxygens (including phenoxy) is 2. The lowest BCUT2D eigenvalue weighted by atomic mass is 10.2. The molecule has 1 aromatic heterocycles. The summed E-state index contributed by atoms with van der Waals surface area (Å²) in [5, 5.41) is 8.88. The van der Waals surface area contributed by atoms with Crippen LogP contribution in [-0.2, 0) is 0 Å². The average Bonchev–Trinajstić information content (AvgIpc) is 2.92. The Morgan fingerprint density at radius 1 is 1.29 bits per heavy atom. The SMILES string of the molecule is CCOc1cc(C#N)ccc1OCC(=O)c1ccc(Cl)s1. The molecule has 0 spiro atoms. The molecule has 1 heterocycles. The van der Waals surface area contributed by atoms with Gasteiger partial charge >= 0.3 is 0 Å². The molecular formula is C15H12ClNO3S. The number of nitrogens with zero attached hydrogens (tertiary/aromatic N) is 1. The van der Waals surface area contributed by atoms with E-state index >= 15 is 0 Å². The Bertz CT molecular complexity index is 690. The van der Waals surface area contributed by atoms with E-state index < -0.39 is 0 Å². The molecule has 0 bridgehead atoms. The van der Waals surface area contributed by atoms with Gasteiger partial charge in [0, 0.05) is 6.07 Å². The van der Waals surface area contributed by atoms with Crippen LogP contribution in [0.2, 0.25) is 4.34 Å². The highest BCUT2D eigenvalue weighted by Crippen LogP contribution is 2.29. The number of nitriles is 1. The van der Waals surface area contributed by atoms with E-state index in [0.29, 0.717) is 32.9 Å². The fourth-order valence-corrected chi connectivity index (χ4v) is 2.61. The van der Waals surface area contributed by atoms with Gasteiger partial charge in [0.2, 0.25) is 5.78 Å². The minimum absolute atomic E-state index is 0.108. The van der Waals surface area contributed by atoms with Crippen LogP contribution in [-0.4, -0.2) is 19.0 Å². The molecule has 0 saturated heterocycles. The predicted molar refractivity (Wildman–Crippen MR) is 81.5 cm³/mol. The van der Waals surface area contributed by atoms with E-state index in [9.17, 15) is 4.79 Å². The number of halogens is 1. The Hall–Kier alpha value is -2.03. The second-order valence-electron chi connectivity index (χ2n) is 4.02. The minimum Gasteiger partial charge on any atom is -0.490 e. The van der Waals surface area contributed by atoms with Crippen molar-refractivity contribution < 1.29 is 14.3 Å². The molecule has 1 aromatic carbocycles. The third-order valence-electron chi connectivity index (χ3n) is 2.58. The summed E-state index contributed by atoms with van der Waals surface area (Å²) in [6, 6.07) is 10.2. The molecule has 0 aliphatic heterocycles. The number of hydrogen-bond donors (Lipinski definition) is 0. The molecule has 2 rings (SSSR count). The van der Waals surface area contributed by atoms with Crippen molar-refractivity contribution in [2.45, 2.75) is 6.92 Å². The summed E-state index contributed by atoms with van der Waals surface area (Å²) in [6.07, 6.45) is 0. The van der Waals surface area contributed by atoms with Crippen molar-refractivity contribution in [3.8, 4) is 17.6 Å². The number of hydrogen-bond acceptors (Lipinski definition) is 5. The van der Waals surface area contributed by atoms with E-state index in [0.717, 1.165) is 0 Å². The largest absolute Gasteiger partial charge is 0.490 e. The van der Waals surface area contributed by atoms with E-state index in [4.69, 9.17) is 26.3 Å². The molecule has 108 valence electrons. The monoisotopic (exact) mass is 321 g/mol. The second kappa shape index (κ2) is 7.11. The highest BCUT2D eigenvalue weighted by atomic mass is 35.5. The Labute approximate surface area is 131 Å². The number of ketones is 1. The van der Waals surface area contributed by atoms with E-state index in [1.165, 1.54) is 11.3 Å². The van der Waals surface area contributed by atoms with Gasteiger partial charge in [0.1, 0.15) is 0 Å². The molecule has 0 unspecified atom stereocenters. The van der Waals surface area contributed by atoms with Gasteiger partial charge in [-0.05, 0) is 31.2 Å². The van der Waals surface area contributed by atoms with Crippen LogP contribution in [0.1, 0.15) is 22.2 Å². The van der Waals surface area contributed by atoms with Crippen LogP contribution in [0.25, 0.3) is 0 Å². The number of thiophene rings is 1. The summed E-state index contributed by atoms with van der Waals surface area (Å²) in [5.74, 6) is 0.735. The van der Waals surface area contributed by atoms with Crippen LogP contribution in [0, 0.1) is 11.3 Å². The predicted octanol–water partition coefficient (Wildman–Crippen LogP) is 3.93. The first-order valence-electron chi connectivity index (χ1n) is 6.22.